The van der Waals surface area contributed by atoms with E-state index in [1.54, 1.807) is 7.11 Å². The van der Waals surface area contributed by atoms with Crippen molar-refractivity contribution in [3.63, 3.8) is 0 Å². The van der Waals surface area contributed by atoms with Crippen LogP contribution in [0.1, 0.15) is 31.4 Å². The Bertz CT molecular complexity index is 303. The molecule has 1 aromatic carbocycles. The van der Waals surface area contributed by atoms with Crippen molar-refractivity contribution in [2.45, 2.75) is 25.8 Å². The SMILES string of the molecule is COc1ccc(C(C)NCC2CC2)cc1. The Morgan fingerprint density at radius 1 is 1.33 bits per heavy atom. The third kappa shape index (κ3) is 2.96. The Morgan fingerprint density at radius 2 is 2.00 bits per heavy atom. The van der Waals surface area contributed by atoms with Crippen LogP contribution in [0.25, 0.3) is 0 Å². The summed E-state index contributed by atoms with van der Waals surface area (Å²) in [6.45, 7) is 3.37. The van der Waals surface area contributed by atoms with Crippen LogP contribution in [0.3, 0.4) is 0 Å². The van der Waals surface area contributed by atoms with E-state index >= 15 is 0 Å². The Morgan fingerprint density at radius 3 is 2.53 bits per heavy atom. The predicted molar refractivity (Wildman–Crippen MR) is 62.1 cm³/mol. The lowest BCUT2D eigenvalue weighted by molar-refractivity contribution is 0.414. The third-order valence-electron chi connectivity index (χ3n) is 3.03. The summed E-state index contributed by atoms with van der Waals surface area (Å²) in [7, 11) is 1.70. The van der Waals surface area contributed by atoms with Gasteiger partial charge >= 0.3 is 0 Å². The second-order valence-corrected chi connectivity index (χ2v) is 4.35. The van der Waals surface area contributed by atoms with Crippen molar-refractivity contribution in [2.75, 3.05) is 13.7 Å². The molecule has 2 rings (SSSR count). The number of rotatable bonds is 5. The smallest absolute Gasteiger partial charge is 0.118 e. The lowest BCUT2D eigenvalue weighted by atomic mass is 10.1. The summed E-state index contributed by atoms with van der Waals surface area (Å²) in [5, 5.41) is 3.56. The highest BCUT2D eigenvalue weighted by Gasteiger charge is 2.21. The molecule has 0 radical (unpaired) electrons. The minimum atomic E-state index is 0.441. The van der Waals surface area contributed by atoms with Crippen LogP contribution in [0.15, 0.2) is 24.3 Å². The van der Waals surface area contributed by atoms with Crippen molar-refractivity contribution in [1.82, 2.24) is 5.32 Å². The number of methoxy groups -OCH3 is 1. The highest BCUT2D eigenvalue weighted by atomic mass is 16.5. The Kier molecular flexibility index (Phi) is 3.27. The number of hydrogen-bond donors (Lipinski definition) is 1. The molecule has 0 bridgehead atoms. The number of hydrogen-bond acceptors (Lipinski definition) is 2. The Hall–Kier alpha value is -1.02. The first-order chi connectivity index (χ1) is 7.29. The summed E-state index contributed by atoms with van der Waals surface area (Å²) in [5.41, 5.74) is 1.33. The van der Waals surface area contributed by atoms with Gasteiger partial charge in [0, 0.05) is 6.04 Å². The summed E-state index contributed by atoms with van der Waals surface area (Å²) in [4.78, 5) is 0. The minimum Gasteiger partial charge on any atom is -0.497 e. The molecule has 0 aliphatic heterocycles. The molecule has 1 saturated carbocycles. The summed E-state index contributed by atoms with van der Waals surface area (Å²) in [6, 6.07) is 8.73. The van der Waals surface area contributed by atoms with E-state index in [1.165, 1.54) is 18.4 Å². The quantitative estimate of drug-likeness (QED) is 0.798. The summed E-state index contributed by atoms with van der Waals surface area (Å²) in [5.74, 6) is 1.86. The van der Waals surface area contributed by atoms with Crippen LogP contribution >= 0.6 is 0 Å². The van der Waals surface area contributed by atoms with Crippen LogP contribution in [0, 0.1) is 5.92 Å². The van der Waals surface area contributed by atoms with E-state index in [0.717, 1.165) is 18.2 Å². The molecule has 1 aromatic rings. The molecule has 1 N–H and O–H groups in total. The first-order valence-corrected chi connectivity index (χ1v) is 5.67. The fourth-order valence-electron chi connectivity index (χ4n) is 1.68. The second-order valence-electron chi connectivity index (χ2n) is 4.35. The fourth-order valence-corrected chi connectivity index (χ4v) is 1.68. The molecule has 1 fully saturated rings. The fraction of sp³-hybridized carbons (Fsp3) is 0.538. The molecule has 0 saturated heterocycles. The lowest BCUT2D eigenvalue weighted by Gasteiger charge is -2.14. The van der Waals surface area contributed by atoms with Gasteiger partial charge in [0.2, 0.25) is 0 Å². The zero-order valence-corrected chi connectivity index (χ0v) is 9.49. The molecule has 0 aromatic heterocycles. The van der Waals surface area contributed by atoms with E-state index < -0.39 is 0 Å². The Labute approximate surface area is 91.6 Å². The lowest BCUT2D eigenvalue weighted by Crippen LogP contribution is -2.20. The highest BCUT2D eigenvalue weighted by Crippen LogP contribution is 2.28. The van der Waals surface area contributed by atoms with E-state index in [1.807, 2.05) is 12.1 Å². The van der Waals surface area contributed by atoms with Gasteiger partial charge in [-0.1, -0.05) is 12.1 Å². The maximum absolute atomic E-state index is 5.14. The van der Waals surface area contributed by atoms with E-state index in [-0.39, 0.29) is 0 Å². The first kappa shape index (κ1) is 10.5. The highest BCUT2D eigenvalue weighted by molar-refractivity contribution is 5.28. The van der Waals surface area contributed by atoms with Gasteiger partial charge < -0.3 is 10.1 Å². The van der Waals surface area contributed by atoms with Crippen LogP contribution in [0.2, 0.25) is 0 Å². The Balaban J connectivity index is 1.88. The van der Waals surface area contributed by atoms with Crippen LogP contribution < -0.4 is 10.1 Å². The van der Waals surface area contributed by atoms with Gasteiger partial charge in [-0.2, -0.15) is 0 Å². The molecule has 82 valence electrons. The van der Waals surface area contributed by atoms with E-state index in [0.29, 0.717) is 6.04 Å². The zero-order chi connectivity index (χ0) is 10.7. The van der Waals surface area contributed by atoms with Crippen molar-refractivity contribution in [3.8, 4) is 5.75 Å². The minimum absolute atomic E-state index is 0.441. The van der Waals surface area contributed by atoms with Crippen LogP contribution in [0.5, 0.6) is 5.75 Å². The molecule has 1 atom stereocenters. The summed E-state index contributed by atoms with van der Waals surface area (Å²) in [6.07, 6.45) is 2.81. The third-order valence-corrected chi connectivity index (χ3v) is 3.03. The molecule has 1 aliphatic carbocycles. The zero-order valence-electron chi connectivity index (χ0n) is 9.49. The van der Waals surface area contributed by atoms with E-state index in [9.17, 15) is 0 Å². The van der Waals surface area contributed by atoms with Gasteiger partial charge in [-0.15, -0.1) is 0 Å². The molecule has 0 amide bonds. The summed E-state index contributed by atoms with van der Waals surface area (Å²) < 4.78 is 5.14. The van der Waals surface area contributed by atoms with Gasteiger partial charge in [-0.3, -0.25) is 0 Å². The topological polar surface area (TPSA) is 21.3 Å². The van der Waals surface area contributed by atoms with Crippen molar-refractivity contribution in [1.29, 1.82) is 0 Å². The molecule has 1 aliphatic rings. The molecule has 15 heavy (non-hydrogen) atoms. The van der Waals surface area contributed by atoms with Crippen molar-refractivity contribution in [2.24, 2.45) is 5.92 Å². The average Bonchev–Trinajstić information content (AvgIpc) is 3.10. The molecule has 2 heteroatoms. The molecule has 0 spiro atoms. The maximum Gasteiger partial charge on any atom is 0.118 e. The molecule has 0 heterocycles. The van der Waals surface area contributed by atoms with Gasteiger partial charge in [0.1, 0.15) is 5.75 Å². The van der Waals surface area contributed by atoms with Crippen LogP contribution in [-0.4, -0.2) is 13.7 Å². The van der Waals surface area contributed by atoms with E-state index in [2.05, 4.69) is 24.4 Å². The number of benzene rings is 1. The van der Waals surface area contributed by atoms with Crippen LogP contribution in [-0.2, 0) is 0 Å². The average molecular weight is 205 g/mol. The molecule has 2 nitrogen and oxygen atoms in total. The first-order valence-electron chi connectivity index (χ1n) is 5.67. The maximum atomic E-state index is 5.14. The standard InChI is InChI=1S/C13H19NO/c1-10(14-9-11-3-4-11)12-5-7-13(15-2)8-6-12/h5-8,10-11,14H,3-4,9H2,1-2H3. The van der Waals surface area contributed by atoms with Crippen LogP contribution in [0.4, 0.5) is 0 Å². The second kappa shape index (κ2) is 4.67. The number of nitrogens with one attached hydrogen (secondary N) is 1. The van der Waals surface area contributed by atoms with Crippen molar-refractivity contribution < 1.29 is 4.74 Å². The predicted octanol–water partition coefficient (Wildman–Crippen LogP) is 2.76. The molecular formula is C13H19NO. The monoisotopic (exact) mass is 205 g/mol. The summed E-state index contributed by atoms with van der Waals surface area (Å²) >= 11 is 0. The van der Waals surface area contributed by atoms with Gasteiger partial charge in [0.25, 0.3) is 0 Å². The normalized spacial score (nSPS) is 17.5. The van der Waals surface area contributed by atoms with Gasteiger partial charge in [0.05, 0.1) is 7.11 Å². The van der Waals surface area contributed by atoms with Gasteiger partial charge in [-0.05, 0) is 49.9 Å². The van der Waals surface area contributed by atoms with Gasteiger partial charge in [0.15, 0.2) is 0 Å². The van der Waals surface area contributed by atoms with E-state index in [4.69, 9.17) is 4.74 Å². The number of ether oxygens (including phenoxy) is 1. The largest absolute Gasteiger partial charge is 0.497 e. The van der Waals surface area contributed by atoms with Gasteiger partial charge in [-0.25, -0.2) is 0 Å². The van der Waals surface area contributed by atoms with Crippen molar-refractivity contribution >= 4 is 0 Å². The van der Waals surface area contributed by atoms with Crippen molar-refractivity contribution in [3.05, 3.63) is 29.8 Å². The molecular weight excluding hydrogens is 186 g/mol. The molecule has 1 unspecified atom stereocenters.